The number of nitrogens with one attached hydrogen (secondary N) is 1. The van der Waals surface area contributed by atoms with Crippen LogP contribution < -0.4 is 10.2 Å². The monoisotopic (exact) mass is 378 g/mol. The van der Waals surface area contributed by atoms with Gasteiger partial charge in [0, 0.05) is 10.6 Å². The van der Waals surface area contributed by atoms with E-state index in [1.54, 1.807) is 19.1 Å². The zero-order valence-electron chi connectivity index (χ0n) is 14.9. The molecule has 0 aromatic heterocycles. The number of halogens is 1. The van der Waals surface area contributed by atoms with Crippen LogP contribution >= 0.6 is 11.6 Å². The molecule has 3 aromatic rings. The van der Waals surface area contributed by atoms with Crippen LogP contribution in [-0.4, -0.2) is 18.2 Å². The molecule has 0 fully saturated rings. The molecule has 1 amide bonds. The second-order valence-corrected chi connectivity index (χ2v) is 6.33. The van der Waals surface area contributed by atoms with E-state index in [4.69, 9.17) is 16.3 Å². The number of hydrazone groups is 1. The standard InChI is InChI=1S/C22H19ClN2O2/c1-16(18-10-7-11-19(23)14-18)24-25-22(26)15-27-21-13-6-5-12-20(21)17-8-3-2-4-9-17/h2-14H,15H2,1H3,(H,25,26)/b24-16-. The Morgan fingerprint density at radius 2 is 1.74 bits per heavy atom. The van der Waals surface area contributed by atoms with Crippen LogP contribution in [0.4, 0.5) is 0 Å². The molecule has 27 heavy (non-hydrogen) atoms. The van der Waals surface area contributed by atoms with E-state index in [1.807, 2.05) is 66.7 Å². The molecule has 0 unspecified atom stereocenters. The quantitative estimate of drug-likeness (QED) is 0.488. The van der Waals surface area contributed by atoms with Crippen molar-refractivity contribution in [1.82, 2.24) is 5.43 Å². The maximum Gasteiger partial charge on any atom is 0.277 e. The first-order valence-corrected chi connectivity index (χ1v) is 8.87. The van der Waals surface area contributed by atoms with Crippen molar-refractivity contribution in [2.24, 2.45) is 5.10 Å². The fourth-order valence-electron chi connectivity index (χ4n) is 2.55. The predicted molar refractivity (Wildman–Crippen MR) is 109 cm³/mol. The summed E-state index contributed by atoms with van der Waals surface area (Å²) in [4.78, 5) is 12.1. The molecule has 4 nitrogen and oxygen atoms in total. The number of carbonyl (C=O) groups is 1. The van der Waals surface area contributed by atoms with E-state index in [1.165, 1.54) is 0 Å². The molecule has 0 radical (unpaired) electrons. The highest BCUT2D eigenvalue weighted by molar-refractivity contribution is 6.31. The van der Waals surface area contributed by atoms with Gasteiger partial charge in [0.25, 0.3) is 5.91 Å². The minimum Gasteiger partial charge on any atom is -0.483 e. The van der Waals surface area contributed by atoms with Crippen LogP contribution in [-0.2, 0) is 4.79 Å². The van der Waals surface area contributed by atoms with Gasteiger partial charge in [0.1, 0.15) is 5.75 Å². The molecule has 3 rings (SSSR count). The number of ether oxygens (including phenoxy) is 1. The average Bonchev–Trinajstić information content (AvgIpc) is 2.71. The molecule has 0 spiro atoms. The third-order valence-corrected chi connectivity index (χ3v) is 4.16. The van der Waals surface area contributed by atoms with Gasteiger partial charge in [0.05, 0.1) is 5.71 Å². The highest BCUT2D eigenvalue weighted by Crippen LogP contribution is 2.29. The molecule has 0 heterocycles. The zero-order valence-corrected chi connectivity index (χ0v) is 15.6. The summed E-state index contributed by atoms with van der Waals surface area (Å²) in [5, 5.41) is 4.73. The second kappa shape index (κ2) is 9.01. The van der Waals surface area contributed by atoms with Crippen LogP contribution in [0, 0.1) is 0 Å². The summed E-state index contributed by atoms with van der Waals surface area (Å²) in [5.74, 6) is 0.314. The lowest BCUT2D eigenvalue weighted by atomic mass is 10.1. The number of hydrogen-bond donors (Lipinski definition) is 1. The van der Waals surface area contributed by atoms with E-state index in [0.29, 0.717) is 16.5 Å². The largest absolute Gasteiger partial charge is 0.483 e. The van der Waals surface area contributed by atoms with Gasteiger partial charge >= 0.3 is 0 Å². The number of hydrogen-bond acceptors (Lipinski definition) is 3. The van der Waals surface area contributed by atoms with Gasteiger partial charge in [-0.1, -0.05) is 72.3 Å². The van der Waals surface area contributed by atoms with Gasteiger partial charge in [-0.3, -0.25) is 4.79 Å². The molecule has 0 saturated heterocycles. The Labute approximate surface area is 163 Å². The number of amides is 1. The maximum atomic E-state index is 12.1. The summed E-state index contributed by atoms with van der Waals surface area (Å²) >= 11 is 5.97. The first-order valence-electron chi connectivity index (χ1n) is 8.50. The molecule has 5 heteroatoms. The van der Waals surface area contributed by atoms with Crippen LogP contribution in [0.1, 0.15) is 12.5 Å². The van der Waals surface area contributed by atoms with Crippen LogP contribution in [0.15, 0.2) is 84.0 Å². The Bertz CT molecular complexity index is 955. The maximum absolute atomic E-state index is 12.1. The van der Waals surface area contributed by atoms with Crippen molar-refractivity contribution in [2.45, 2.75) is 6.92 Å². The van der Waals surface area contributed by atoms with Gasteiger partial charge < -0.3 is 4.74 Å². The highest BCUT2D eigenvalue weighted by Gasteiger charge is 2.08. The SMILES string of the molecule is C/C(=N/NC(=O)COc1ccccc1-c1ccccc1)c1cccc(Cl)c1. The number of rotatable bonds is 6. The van der Waals surface area contributed by atoms with E-state index >= 15 is 0 Å². The molecule has 0 atom stereocenters. The molecule has 0 aliphatic carbocycles. The van der Waals surface area contributed by atoms with E-state index in [9.17, 15) is 4.79 Å². The molecule has 3 aromatic carbocycles. The van der Waals surface area contributed by atoms with Crippen LogP contribution in [0.5, 0.6) is 5.75 Å². The molecule has 0 saturated carbocycles. The molecular formula is C22H19ClN2O2. The zero-order chi connectivity index (χ0) is 19.1. The fourth-order valence-corrected chi connectivity index (χ4v) is 2.74. The summed E-state index contributed by atoms with van der Waals surface area (Å²) in [6.07, 6.45) is 0. The van der Waals surface area contributed by atoms with Crippen LogP contribution in [0.3, 0.4) is 0 Å². The summed E-state index contributed by atoms with van der Waals surface area (Å²) in [5.41, 5.74) is 5.98. The molecule has 0 bridgehead atoms. The first-order chi connectivity index (χ1) is 13.1. The Hall–Kier alpha value is -3.11. The Kier molecular flexibility index (Phi) is 6.23. The van der Waals surface area contributed by atoms with Crippen LogP contribution in [0.25, 0.3) is 11.1 Å². The average molecular weight is 379 g/mol. The van der Waals surface area contributed by atoms with Crippen molar-refractivity contribution in [1.29, 1.82) is 0 Å². The van der Waals surface area contributed by atoms with Crippen molar-refractivity contribution >= 4 is 23.2 Å². The minimum atomic E-state index is -0.334. The highest BCUT2D eigenvalue weighted by atomic mass is 35.5. The Morgan fingerprint density at radius 1 is 1.00 bits per heavy atom. The number of benzene rings is 3. The molecule has 0 aliphatic heterocycles. The first kappa shape index (κ1) is 18.7. The summed E-state index contributed by atoms with van der Waals surface area (Å²) in [6, 6.07) is 24.8. The predicted octanol–water partition coefficient (Wildman–Crippen LogP) is 4.93. The van der Waals surface area contributed by atoms with Crippen LogP contribution in [0.2, 0.25) is 5.02 Å². The second-order valence-electron chi connectivity index (χ2n) is 5.89. The van der Waals surface area contributed by atoms with Gasteiger partial charge in [-0.15, -0.1) is 0 Å². The van der Waals surface area contributed by atoms with Crippen molar-refractivity contribution in [3.63, 3.8) is 0 Å². The summed E-state index contributed by atoms with van der Waals surface area (Å²) < 4.78 is 5.71. The van der Waals surface area contributed by atoms with Gasteiger partial charge in [0.2, 0.25) is 0 Å². The van der Waals surface area contributed by atoms with E-state index in [2.05, 4.69) is 10.5 Å². The number of nitrogens with zero attached hydrogens (tertiary/aromatic N) is 1. The molecule has 1 N–H and O–H groups in total. The third-order valence-electron chi connectivity index (χ3n) is 3.92. The number of carbonyl (C=O) groups excluding carboxylic acids is 1. The lowest BCUT2D eigenvalue weighted by Gasteiger charge is -2.11. The van der Waals surface area contributed by atoms with E-state index in [-0.39, 0.29) is 12.5 Å². The van der Waals surface area contributed by atoms with Gasteiger partial charge in [-0.05, 0) is 36.2 Å². The van der Waals surface area contributed by atoms with Crippen molar-refractivity contribution in [3.8, 4) is 16.9 Å². The fraction of sp³-hybridized carbons (Fsp3) is 0.0909. The summed E-state index contributed by atoms with van der Waals surface area (Å²) in [7, 11) is 0. The Balaban J connectivity index is 1.63. The smallest absolute Gasteiger partial charge is 0.277 e. The normalized spacial score (nSPS) is 11.1. The van der Waals surface area contributed by atoms with Gasteiger partial charge in [-0.2, -0.15) is 5.10 Å². The summed E-state index contributed by atoms with van der Waals surface area (Å²) in [6.45, 7) is 1.67. The van der Waals surface area contributed by atoms with Crippen molar-refractivity contribution in [3.05, 3.63) is 89.4 Å². The topological polar surface area (TPSA) is 50.7 Å². The van der Waals surface area contributed by atoms with Crippen molar-refractivity contribution < 1.29 is 9.53 Å². The molecule has 136 valence electrons. The minimum absolute atomic E-state index is 0.129. The molecular weight excluding hydrogens is 360 g/mol. The van der Waals surface area contributed by atoms with Gasteiger partial charge in [-0.25, -0.2) is 5.43 Å². The number of para-hydroxylation sites is 1. The lowest BCUT2D eigenvalue weighted by Crippen LogP contribution is -2.25. The van der Waals surface area contributed by atoms with E-state index < -0.39 is 0 Å². The lowest BCUT2D eigenvalue weighted by molar-refractivity contribution is -0.123. The van der Waals surface area contributed by atoms with Gasteiger partial charge in [0.15, 0.2) is 6.61 Å². The van der Waals surface area contributed by atoms with Crippen molar-refractivity contribution in [2.75, 3.05) is 6.61 Å². The van der Waals surface area contributed by atoms with E-state index in [0.717, 1.165) is 16.7 Å². The third kappa shape index (κ3) is 5.19. The Morgan fingerprint density at radius 3 is 2.52 bits per heavy atom. The molecule has 0 aliphatic rings.